The van der Waals surface area contributed by atoms with E-state index < -0.39 is 91.5 Å². The van der Waals surface area contributed by atoms with Gasteiger partial charge in [0, 0.05) is 19.3 Å². The third-order valence-corrected chi connectivity index (χ3v) is 18.8. The Morgan fingerprint density at radius 1 is 0.271 bits per heavy atom. The highest BCUT2D eigenvalue weighted by Crippen LogP contribution is 2.45. The summed E-state index contributed by atoms with van der Waals surface area (Å²) in [5, 5.41) is 20.7. The van der Waals surface area contributed by atoms with Crippen molar-refractivity contribution in [2.45, 2.75) is 334 Å². The van der Waals surface area contributed by atoms with Crippen LogP contribution in [0.4, 0.5) is 0 Å². The summed E-state index contributed by atoms with van der Waals surface area (Å²) in [5.41, 5.74) is 0. The van der Waals surface area contributed by atoms with Crippen LogP contribution in [0.15, 0.2) is 170 Å². The van der Waals surface area contributed by atoms with Gasteiger partial charge >= 0.3 is 33.6 Å². The fourth-order valence-corrected chi connectivity index (χ4v) is 12.2. The summed E-state index contributed by atoms with van der Waals surface area (Å²) >= 11 is 0. The molecule has 0 aliphatic rings. The van der Waals surface area contributed by atoms with Crippen molar-refractivity contribution in [3.8, 4) is 0 Å². The second kappa shape index (κ2) is 80.4. The van der Waals surface area contributed by atoms with Gasteiger partial charge in [0.2, 0.25) is 0 Å². The maximum Gasteiger partial charge on any atom is 0.472 e. The fraction of sp³-hybridized carbons (Fsp3) is 0.652. The highest BCUT2D eigenvalue weighted by molar-refractivity contribution is 7.47. The van der Waals surface area contributed by atoms with Crippen LogP contribution >= 0.6 is 15.6 Å². The van der Waals surface area contributed by atoms with Crippen molar-refractivity contribution in [3.63, 3.8) is 0 Å². The Morgan fingerprint density at radius 2 is 0.514 bits per heavy atom. The number of phosphoric acid groups is 2. The zero-order valence-electron chi connectivity index (χ0n) is 66.7. The van der Waals surface area contributed by atoms with Crippen LogP contribution in [0.25, 0.3) is 0 Å². The molecule has 610 valence electrons. The minimum atomic E-state index is -4.96. The van der Waals surface area contributed by atoms with E-state index in [4.69, 9.17) is 32.3 Å². The third-order valence-electron chi connectivity index (χ3n) is 16.9. The van der Waals surface area contributed by atoms with Gasteiger partial charge < -0.3 is 34.2 Å². The van der Waals surface area contributed by atoms with Crippen LogP contribution in [0, 0.1) is 0 Å². The topological polar surface area (TPSA) is 231 Å². The molecule has 0 radical (unpaired) electrons. The molecular weight excluding hydrogens is 1390 g/mol. The van der Waals surface area contributed by atoms with Crippen molar-refractivity contribution in [3.05, 3.63) is 170 Å². The minimum absolute atomic E-state index is 0.0309. The number of aliphatic hydroxyl groups excluding tert-OH is 2. The van der Waals surface area contributed by atoms with E-state index in [9.17, 15) is 43.5 Å². The molecule has 0 spiro atoms. The zero-order valence-corrected chi connectivity index (χ0v) is 68.5. The number of rotatable bonds is 77. The van der Waals surface area contributed by atoms with E-state index in [1.54, 1.807) is 0 Å². The molecule has 18 heteroatoms. The molecule has 0 aromatic rings. The summed E-state index contributed by atoms with van der Waals surface area (Å²) < 4.78 is 61.1. The number of carbonyl (C=O) groups excluding carboxylic acids is 3. The Morgan fingerprint density at radius 3 is 0.822 bits per heavy atom. The number of phosphoric ester groups is 2. The maximum absolute atomic E-state index is 13.0. The standard InChI is InChI=1S/C89H148O16P2/c1-4-7-10-13-16-19-22-25-28-31-34-36-37-38-39-40-41-42-43-44-45-47-50-51-54-57-60-63-66-69-72-75-87(92)99-78-84(90)79-101-106(95,96)102-80-85(91)81-103-107(97,98)104-83-86(105-89(94)77-74-71-68-65-62-59-56-53-48-33-30-27-24-21-18-15-12-9-6-3)82-100-88(93)76-73-70-67-64-61-58-55-52-49-46-35-32-29-26-23-20-17-14-11-8-5-2/h9,12,16-21,25-30,34-36,38-39,46,48,52-53,55,59,62,68,71,84-86,90-91H,4-8,10-11,13-15,22-24,31-33,37,40-45,47,49-51,54,56-58,60-61,63-67,69-70,72-83H2,1-3H3,(H,95,96)(H,97,98)/b12-9-,19-16-,20-17-,21-18-,28-25-,29-26-,30-27-,36-34-,39-38-,46-35-,53-48-,55-52-,62-59-,71-68-. The molecule has 4 N–H and O–H groups in total. The van der Waals surface area contributed by atoms with Gasteiger partial charge in [-0.05, 0) is 148 Å². The number of allylic oxidation sites excluding steroid dienone is 28. The number of carbonyl (C=O) groups is 3. The summed E-state index contributed by atoms with van der Waals surface area (Å²) in [6.07, 6.45) is 103. The van der Waals surface area contributed by atoms with Crippen molar-refractivity contribution >= 4 is 33.6 Å². The van der Waals surface area contributed by atoms with Crippen LogP contribution in [0.1, 0.15) is 316 Å². The lowest BCUT2D eigenvalue weighted by Gasteiger charge is -2.21. The molecule has 5 atom stereocenters. The molecule has 0 saturated carbocycles. The lowest BCUT2D eigenvalue weighted by Crippen LogP contribution is -2.29. The molecule has 0 amide bonds. The highest BCUT2D eigenvalue weighted by atomic mass is 31.2. The van der Waals surface area contributed by atoms with Gasteiger partial charge in [-0.1, -0.05) is 319 Å². The van der Waals surface area contributed by atoms with E-state index >= 15 is 0 Å². The Bertz CT molecular complexity index is 2620. The Kier molecular flexibility index (Phi) is 76.6. The van der Waals surface area contributed by atoms with Gasteiger partial charge in [0.25, 0.3) is 0 Å². The Labute approximate surface area is 650 Å². The van der Waals surface area contributed by atoms with Crippen molar-refractivity contribution in [1.82, 2.24) is 0 Å². The van der Waals surface area contributed by atoms with Gasteiger partial charge in [0.05, 0.1) is 26.4 Å². The molecular formula is C89H148O16P2. The smallest absolute Gasteiger partial charge is 0.463 e. The van der Waals surface area contributed by atoms with Crippen LogP contribution in [-0.4, -0.2) is 95.9 Å². The number of hydrogen-bond donors (Lipinski definition) is 4. The van der Waals surface area contributed by atoms with Crippen LogP contribution in [0.2, 0.25) is 0 Å². The predicted molar refractivity (Wildman–Crippen MR) is 445 cm³/mol. The van der Waals surface area contributed by atoms with Crippen molar-refractivity contribution in [2.24, 2.45) is 0 Å². The molecule has 107 heavy (non-hydrogen) atoms. The van der Waals surface area contributed by atoms with Crippen LogP contribution in [-0.2, 0) is 55.8 Å². The zero-order chi connectivity index (χ0) is 78.0. The predicted octanol–water partition coefficient (Wildman–Crippen LogP) is 24.8. The van der Waals surface area contributed by atoms with E-state index in [1.165, 1.54) is 122 Å². The maximum atomic E-state index is 13.0. The molecule has 0 fully saturated rings. The van der Waals surface area contributed by atoms with Gasteiger partial charge in [-0.3, -0.25) is 32.5 Å². The van der Waals surface area contributed by atoms with Crippen LogP contribution in [0.3, 0.4) is 0 Å². The van der Waals surface area contributed by atoms with E-state index in [1.807, 2.05) is 18.2 Å². The van der Waals surface area contributed by atoms with E-state index in [0.29, 0.717) is 25.7 Å². The molecule has 0 aliphatic heterocycles. The summed E-state index contributed by atoms with van der Waals surface area (Å²) in [4.78, 5) is 58.7. The SMILES string of the molecule is CC/C=C\C/C=C\C/C=C\C/C=C\C/C=C\C/C=C\CCC(=O)OC(COC(=O)CCCCCCC/C=C\C/C=C\C/C=C\C/C=C\CCCCC)COP(=O)(O)OCC(O)COP(=O)(O)OCC(O)COC(=O)CCCCCCCCCCCCCCCCC/C=C\C/C=C\C/C=C\C/C=C\CCCCC. The van der Waals surface area contributed by atoms with E-state index in [0.717, 1.165) is 128 Å². The lowest BCUT2D eigenvalue weighted by atomic mass is 10.0. The molecule has 0 saturated heterocycles. The molecule has 0 aromatic heterocycles. The number of aliphatic hydroxyl groups is 2. The normalized spacial score (nSPS) is 14.8. The average molecular weight is 1540 g/mol. The average Bonchev–Trinajstić information content (AvgIpc) is 0.907. The first kappa shape index (κ1) is 102. The van der Waals surface area contributed by atoms with E-state index in [2.05, 4.69) is 173 Å². The van der Waals surface area contributed by atoms with E-state index in [-0.39, 0.29) is 19.3 Å². The molecule has 16 nitrogen and oxygen atoms in total. The second-order valence-corrected chi connectivity index (χ2v) is 30.1. The molecule has 0 aromatic carbocycles. The molecule has 0 aliphatic carbocycles. The van der Waals surface area contributed by atoms with Crippen molar-refractivity contribution in [2.75, 3.05) is 39.6 Å². The first-order valence-electron chi connectivity index (χ1n) is 41.4. The lowest BCUT2D eigenvalue weighted by molar-refractivity contribution is -0.161. The van der Waals surface area contributed by atoms with Gasteiger partial charge in [-0.2, -0.15) is 0 Å². The summed E-state index contributed by atoms with van der Waals surface area (Å²) in [6, 6.07) is 0. The minimum Gasteiger partial charge on any atom is -0.463 e. The number of unbranched alkanes of at least 4 members (excludes halogenated alkanes) is 26. The Balaban J connectivity index is 4.62. The monoisotopic (exact) mass is 1540 g/mol. The number of ether oxygens (including phenoxy) is 3. The third kappa shape index (κ3) is 81.7. The van der Waals surface area contributed by atoms with Crippen LogP contribution in [0.5, 0.6) is 0 Å². The number of hydrogen-bond acceptors (Lipinski definition) is 14. The summed E-state index contributed by atoms with van der Waals surface area (Å²) in [6.45, 7) is 2.40. The quantitative estimate of drug-likeness (QED) is 0.0146. The number of esters is 3. The largest absolute Gasteiger partial charge is 0.472 e. The van der Waals surface area contributed by atoms with Crippen LogP contribution < -0.4 is 0 Å². The summed E-state index contributed by atoms with van der Waals surface area (Å²) in [7, 11) is -9.84. The highest BCUT2D eigenvalue weighted by Gasteiger charge is 2.29. The van der Waals surface area contributed by atoms with Gasteiger partial charge in [0.15, 0.2) is 6.10 Å². The van der Waals surface area contributed by atoms with Crippen molar-refractivity contribution < 1.29 is 75.8 Å². The van der Waals surface area contributed by atoms with Gasteiger partial charge in [-0.25, -0.2) is 9.13 Å². The molecule has 0 heterocycles. The van der Waals surface area contributed by atoms with Gasteiger partial charge in [-0.15, -0.1) is 0 Å². The first-order chi connectivity index (χ1) is 52.2. The molecule has 5 unspecified atom stereocenters. The Hall–Kier alpha value is -5.09. The summed E-state index contributed by atoms with van der Waals surface area (Å²) in [5.74, 6) is -1.70. The first-order valence-corrected chi connectivity index (χ1v) is 44.4. The van der Waals surface area contributed by atoms with Crippen molar-refractivity contribution in [1.29, 1.82) is 0 Å². The second-order valence-electron chi connectivity index (χ2n) is 27.2. The fourth-order valence-electron chi connectivity index (χ4n) is 10.6. The van der Waals surface area contributed by atoms with Gasteiger partial charge in [0.1, 0.15) is 25.4 Å². The molecule has 0 rings (SSSR count). The molecule has 0 bridgehead atoms.